The van der Waals surface area contributed by atoms with Crippen LogP contribution in [0.1, 0.15) is 27.8 Å². The van der Waals surface area contributed by atoms with Crippen LogP contribution in [-0.4, -0.2) is 22.1 Å². The Morgan fingerprint density at radius 3 is 2.58 bits per heavy atom. The zero-order valence-corrected chi connectivity index (χ0v) is 16.6. The molecule has 3 aromatic rings. The van der Waals surface area contributed by atoms with E-state index in [0.29, 0.717) is 21.1 Å². The molecule has 136 valence electrons. The lowest BCUT2D eigenvalue weighted by Gasteiger charge is -2.16. The monoisotopic (exact) mass is 487 g/mol. The first-order valence-electron chi connectivity index (χ1n) is 7.56. The molecule has 0 saturated carbocycles. The first-order valence-corrected chi connectivity index (χ1v) is 9.27. The van der Waals surface area contributed by atoms with E-state index >= 15 is 0 Å². The van der Waals surface area contributed by atoms with Crippen molar-refractivity contribution in [3.05, 3.63) is 57.6 Å². The van der Waals surface area contributed by atoms with E-state index in [9.17, 15) is 13.6 Å². The van der Waals surface area contributed by atoms with Gasteiger partial charge in [0.05, 0.1) is 28.8 Å². The van der Waals surface area contributed by atoms with Gasteiger partial charge in [0.2, 0.25) is 5.95 Å². The van der Waals surface area contributed by atoms with E-state index in [4.69, 9.17) is 10.5 Å². The van der Waals surface area contributed by atoms with Gasteiger partial charge in [0.15, 0.2) is 0 Å². The molecule has 0 amide bonds. The fourth-order valence-electron chi connectivity index (χ4n) is 2.61. The molecule has 26 heavy (non-hydrogen) atoms. The number of hydrogen-bond acceptors (Lipinski definition) is 4. The molecule has 1 aromatic heterocycles. The molecule has 1 atom stereocenters. The maximum Gasteiger partial charge on any atom is 0.338 e. The minimum atomic E-state index is -0.922. The molecular formula is C17H13Br2F2N3O2. The number of nitrogens with zero attached hydrogens (tertiary/aromatic N) is 2. The van der Waals surface area contributed by atoms with Crippen molar-refractivity contribution in [1.29, 1.82) is 0 Å². The summed E-state index contributed by atoms with van der Waals surface area (Å²) in [4.78, 5) is 15.1. The lowest BCUT2D eigenvalue weighted by Crippen LogP contribution is -2.11. The van der Waals surface area contributed by atoms with Gasteiger partial charge in [-0.15, -0.1) is 0 Å². The SMILES string of the molecule is CCOC(=O)c1ccc2c(c1)nc(N)n2C(Br)c1c(F)cc(Br)cc1F. The highest BCUT2D eigenvalue weighted by atomic mass is 79.9. The maximum absolute atomic E-state index is 14.3. The number of imidazole rings is 1. The molecule has 0 bridgehead atoms. The molecule has 0 aliphatic carbocycles. The van der Waals surface area contributed by atoms with Crippen molar-refractivity contribution in [3.63, 3.8) is 0 Å². The average Bonchev–Trinajstić information content (AvgIpc) is 2.88. The van der Waals surface area contributed by atoms with E-state index in [-0.39, 0.29) is 18.1 Å². The number of fused-ring (bicyclic) bond motifs is 1. The maximum atomic E-state index is 14.3. The Labute approximate surface area is 164 Å². The van der Waals surface area contributed by atoms with E-state index in [1.165, 1.54) is 22.8 Å². The number of aromatic nitrogens is 2. The van der Waals surface area contributed by atoms with E-state index < -0.39 is 22.6 Å². The Morgan fingerprint density at radius 1 is 1.31 bits per heavy atom. The third kappa shape index (κ3) is 3.33. The van der Waals surface area contributed by atoms with Crippen LogP contribution in [0.15, 0.2) is 34.8 Å². The van der Waals surface area contributed by atoms with Crippen LogP contribution in [0.3, 0.4) is 0 Å². The zero-order chi connectivity index (χ0) is 19.0. The number of ether oxygens (including phenoxy) is 1. The Morgan fingerprint density at radius 2 is 1.96 bits per heavy atom. The van der Waals surface area contributed by atoms with E-state index in [1.807, 2.05) is 0 Å². The highest BCUT2D eigenvalue weighted by molar-refractivity contribution is 9.10. The molecule has 2 N–H and O–H groups in total. The summed E-state index contributed by atoms with van der Waals surface area (Å²) in [7, 11) is 0. The van der Waals surface area contributed by atoms with Gasteiger partial charge in [-0.3, -0.25) is 4.57 Å². The van der Waals surface area contributed by atoms with Crippen molar-refractivity contribution in [2.75, 3.05) is 12.3 Å². The van der Waals surface area contributed by atoms with Gasteiger partial charge < -0.3 is 10.5 Å². The predicted octanol–water partition coefficient (Wildman–Crippen LogP) is 4.78. The van der Waals surface area contributed by atoms with Crippen molar-refractivity contribution in [2.45, 2.75) is 11.9 Å². The van der Waals surface area contributed by atoms with Crippen molar-refractivity contribution < 1.29 is 18.3 Å². The summed E-state index contributed by atoms with van der Waals surface area (Å²) < 4.78 is 35.3. The molecule has 1 heterocycles. The fraction of sp³-hybridized carbons (Fsp3) is 0.176. The van der Waals surface area contributed by atoms with Gasteiger partial charge in [0.25, 0.3) is 0 Å². The highest BCUT2D eigenvalue weighted by Gasteiger charge is 2.24. The summed E-state index contributed by atoms with van der Waals surface area (Å²) in [5.74, 6) is -1.90. The van der Waals surface area contributed by atoms with Crippen molar-refractivity contribution >= 4 is 54.8 Å². The number of hydrogen-bond donors (Lipinski definition) is 1. The number of rotatable bonds is 4. The number of alkyl halides is 1. The van der Waals surface area contributed by atoms with Crippen LogP contribution in [0.5, 0.6) is 0 Å². The molecule has 2 aromatic carbocycles. The summed E-state index contributed by atoms with van der Waals surface area (Å²) in [5.41, 5.74) is 7.00. The second-order valence-electron chi connectivity index (χ2n) is 5.38. The van der Waals surface area contributed by atoms with Crippen LogP contribution in [0.25, 0.3) is 11.0 Å². The van der Waals surface area contributed by atoms with Crippen molar-refractivity contribution in [1.82, 2.24) is 9.55 Å². The van der Waals surface area contributed by atoms with Crippen LogP contribution in [0, 0.1) is 11.6 Å². The number of halogens is 4. The molecule has 5 nitrogen and oxygen atoms in total. The second kappa shape index (κ2) is 7.32. The summed E-state index contributed by atoms with van der Waals surface area (Å²) in [5, 5.41) is 0. The molecular weight excluding hydrogens is 476 g/mol. The Balaban J connectivity index is 2.11. The molecule has 0 aliphatic rings. The smallest absolute Gasteiger partial charge is 0.338 e. The quantitative estimate of drug-likeness (QED) is 0.424. The van der Waals surface area contributed by atoms with Crippen LogP contribution in [-0.2, 0) is 4.74 Å². The highest BCUT2D eigenvalue weighted by Crippen LogP contribution is 2.36. The number of carbonyl (C=O) groups is 1. The summed E-state index contributed by atoms with van der Waals surface area (Å²) in [6.07, 6.45) is 0. The number of anilines is 1. The lowest BCUT2D eigenvalue weighted by atomic mass is 10.1. The fourth-order valence-corrected chi connectivity index (χ4v) is 3.88. The van der Waals surface area contributed by atoms with Gasteiger partial charge in [-0.2, -0.15) is 0 Å². The largest absolute Gasteiger partial charge is 0.462 e. The lowest BCUT2D eigenvalue weighted by molar-refractivity contribution is 0.0526. The molecule has 0 spiro atoms. The Kier molecular flexibility index (Phi) is 5.29. The number of esters is 1. The molecule has 0 fully saturated rings. The van der Waals surface area contributed by atoms with Crippen LogP contribution in [0.2, 0.25) is 0 Å². The van der Waals surface area contributed by atoms with Gasteiger partial charge in [-0.1, -0.05) is 31.9 Å². The first kappa shape index (κ1) is 18.8. The average molecular weight is 489 g/mol. The molecule has 3 rings (SSSR count). The first-order chi connectivity index (χ1) is 12.3. The summed E-state index contributed by atoms with van der Waals surface area (Å²) >= 11 is 6.35. The van der Waals surface area contributed by atoms with E-state index in [2.05, 4.69) is 36.8 Å². The molecule has 0 radical (unpaired) electrons. The number of nitrogen functional groups attached to an aromatic ring is 1. The van der Waals surface area contributed by atoms with E-state index in [1.54, 1.807) is 19.1 Å². The van der Waals surface area contributed by atoms with E-state index in [0.717, 1.165) is 0 Å². The third-order valence-electron chi connectivity index (χ3n) is 3.74. The zero-order valence-electron chi connectivity index (χ0n) is 13.5. The minimum absolute atomic E-state index is 0.0459. The minimum Gasteiger partial charge on any atom is -0.462 e. The van der Waals surface area contributed by atoms with Gasteiger partial charge in [0.1, 0.15) is 16.6 Å². The molecule has 0 aliphatic heterocycles. The van der Waals surface area contributed by atoms with Crippen molar-refractivity contribution in [3.8, 4) is 0 Å². The van der Waals surface area contributed by atoms with Gasteiger partial charge >= 0.3 is 5.97 Å². The Bertz CT molecular complexity index is 984. The topological polar surface area (TPSA) is 70.1 Å². The number of carbonyl (C=O) groups excluding carboxylic acids is 1. The molecule has 1 unspecified atom stereocenters. The van der Waals surface area contributed by atoms with Gasteiger partial charge in [0, 0.05) is 4.47 Å². The molecule has 9 heteroatoms. The summed E-state index contributed by atoms with van der Waals surface area (Å²) in [6, 6.07) is 7.01. The van der Waals surface area contributed by atoms with Gasteiger partial charge in [-0.05, 0) is 37.3 Å². The number of benzene rings is 2. The number of nitrogens with two attached hydrogens (primary N) is 1. The van der Waals surface area contributed by atoms with Gasteiger partial charge in [-0.25, -0.2) is 18.6 Å². The summed E-state index contributed by atoms with van der Waals surface area (Å²) in [6.45, 7) is 1.96. The Hall–Kier alpha value is -2.00. The standard InChI is InChI=1S/C17H13Br2F2N3O2/c1-2-26-16(25)8-3-4-13-12(5-8)23-17(22)24(13)15(19)14-10(20)6-9(18)7-11(14)21/h3-7,15H,2H2,1H3,(H2,22,23). The van der Waals surface area contributed by atoms with Crippen LogP contribution in [0.4, 0.5) is 14.7 Å². The molecule has 0 saturated heterocycles. The van der Waals surface area contributed by atoms with Crippen LogP contribution >= 0.6 is 31.9 Å². The normalized spacial score (nSPS) is 12.3. The third-order valence-corrected chi connectivity index (χ3v) is 5.06. The predicted molar refractivity (Wildman–Crippen MR) is 101 cm³/mol. The van der Waals surface area contributed by atoms with Crippen LogP contribution < -0.4 is 5.73 Å². The second-order valence-corrected chi connectivity index (χ2v) is 7.17. The van der Waals surface area contributed by atoms with Crippen molar-refractivity contribution in [2.24, 2.45) is 0 Å².